The first-order chi connectivity index (χ1) is 3.96. The Morgan fingerprint density at radius 3 is 1.89 bits per heavy atom. The van der Waals surface area contributed by atoms with Crippen molar-refractivity contribution in [3.63, 3.8) is 0 Å². The second-order valence-corrected chi connectivity index (χ2v) is 3.53. The molecule has 0 aromatic carbocycles. The van der Waals surface area contributed by atoms with E-state index in [0.717, 1.165) is 0 Å². The third-order valence-electron chi connectivity index (χ3n) is 2.23. The van der Waals surface area contributed by atoms with E-state index in [0.29, 0.717) is 0 Å². The molecule has 1 rings (SSSR count). The van der Waals surface area contributed by atoms with E-state index in [-0.39, 0.29) is 11.1 Å². The van der Waals surface area contributed by atoms with E-state index in [9.17, 15) is 0 Å². The van der Waals surface area contributed by atoms with Gasteiger partial charge in [0.05, 0.1) is 0 Å². The van der Waals surface area contributed by atoms with Gasteiger partial charge in [0.25, 0.3) is 0 Å². The van der Waals surface area contributed by atoms with E-state index in [4.69, 9.17) is 0 Å². The van der Waals surface area contributed by atoms with E-state index < -0.39 is 0 Å². The Morgan fingerprint density at radius 2 is 1.78 bits per heavy atom. The first kappa shape index (κ1) is 6.50. The molecule has 0 radical (unpaired) electrons. The van der Waals surface area contributed by atoms with E-state index in [2.05, 4.69) is 44.3 Å². The molecule has 0 atom stereocenters. The molecule has 0 aliphatic carbocycles. The zero-order valence-electron chi connectivity index (χ0n) is 6.45. The van der Waals surface area contributed by atoms with Crippen LogP contribution in [-0.4, -0.2) is 17.4 Å². The average molecular weight is 125 g/mol. The molecule has 0 saturated carbocycles. The van der Waals surface area contributed by atoms with Crippen LogP contribution in [0.15, 0.2) is 4.99 Å². The van der Waals surface area contributed by atoms with Gasteiger partial charge in [-0.25, -0.2) is 0 Å². The molecule has 50 valence electrons. The lowest BCUT2D eigenvalue weighted by Gasteiger charge is -2.25. The summed E-state index contributed by atoms with van der Waals surface area (Å²) < 4.78 is 0. The molecule has 1 aliphatic rings. The van der Waals surface area contributed by atoms with Crippen LogP contribution in [0.5, 0.6) is 0 Å². The molecule has 1 N–H and O–H groups in total. The summed E-state index contributed by atoms with van der Waals surface area (Å²) in [6, 6.07) is 0. The van der Waals surface area contributed by atoms with Crippen LogP contribution in [0.2, 0.25) is 0 Å². The predicted molar refractivity (Wildman–Crippen MR) is 38.7 cm³/mol. The van der Waals surface area contributed by atoms with Crippen LogP contribution >= 0.6 is 0 Å². The summed E-state index contributed by atoms with van der Waals surface area (Å²) in [7, 11) is 0. The molecule has 0 unspecified atom stereocenters. The highest BCUT2D eigenvalue weighted by molar-refractivity contribution is 5.60. The highest BCUT2D eigenvalue weighted by Gasteiger charge is 2.48. The van der Waals surface area contributed by atoms with Crippen LogP contribution in [0.4, 0.5) is 0 Å². The van der Waals surface area contributed by atoms with Gasteiger partial charge in [-0.3, -0.25) is 0 Å². The van der Waals surface area contributed by atoms with E-state index in [1.54, 1.807) is 0 Å². The van der Waals surface area contributed by atoms with Gasteiger partial charge in [0.15, 0.2) is 0 Å². The molecule has 0 spiro atoms. The Hall–Kier alpha value is -0.620. The first-order valence-corrected chi connectivity index (χ1v) is 3.20. The van der Waals surface area contributed by atoms with Crippen LogP contribution in [-0.2, 0) is 0 Å². The number of nitrogens with one attached hydrogen (secondary N) is 1. The monoisotopic (exact) mass is 125 g/mol. The number of hydrogen-bond donors (Lipinski definition) is 1. The minimum atomic E-state index is -0.00694. The van der Waals surface area contributed by atoms with E-state index in [1.165, 1.54) is 0 Å². The molecule has 0 aromatic heterocycles. The highest BCUT2D eigenvalue weighted by atomic mass is 15.2. The summed E-state index contributed by atoms with van der Waals surface area (Å²) in [5, 5.41) is 3.07. The lowest BCUT2D eigenvalue weighted by molar-refractivity contribution is 0.310. The van der Waals surface area contributed by atoms with Crippen molar-refractivity contribution < 1.29 is 0 Å². The maximum absolute atomic E-state index is 4.16. The van der Waals surface area contributed by atoms with Crippen LogP contribution in [0, 0.1) is 0 Å². The SMILES string of the molecule is CC1(C)N=[C+]NC1(C)C. The molecule has 1 heterocycles. The molecule has 0 saturated heterocycles. The zero-order chi connectivity index (χ0) is 7.12. The summed E-state index contributed by atoms with van der Waals surface area (Å²) in [6.07, 6.45) is 2.78. The summed E-state index contributed by atoms with van der Waals surface area (Å²) in [4.78, 5) is 4.16. The normalized spacial score (nSPS) is 27.1. The van der Waals surface area contributed by atoms with Crippen molar-refractivity contribution in [3.05, 3.63) is 0 Å². The van der Waals surface area contributed by atoms with Crippen molar-refractivity contribution in [2.75, 3.05) is 0 Å². The molecule has 2 nitrogen and oxygen atoms in total. The third-order valence-corrected chi connectivity index (χ3v) is 2.23. The zero-order valence-corrected chi connectivity index (χ0v) is 6.45. The van der Waals surface area contributed by atoms with Crippen molar-refractivity contribution >= 4 is 6.34 Å². The minimum Gasteiger partial charge on any atom is -0.154 e. The van der Waals surface area contributed by atoms with Gasteiger partial charge in [-0.2, -0.15) is 5.32 Å². The van der Waals surface area contributed by atoms with Gasteiger partial charge >= 0.3 is 6.34 Å². The van der Waals surface area contributed by atoms with Crippen molar-refractivity contribution in [2.45, 2.75) is 38.8 Å². The molecule has 0 amide bonds. The molecule has 9 heavy (non-hydrogen) atoms. The molecule has 0 fully saturated rings. The second-order valence-electron chi connectivity index (χ2n) is 3.53. The first-order valence-electron chi connectivity index (χ1n) is 3.20. The maximum Gasteiger partial charge on any atom is 0.515 e. The third kappa shape index (κ3) is 0.796. The van der Waals surface area contributed by atoms with Crippen molar-refractivity contribution in [2.24, 2.45) is 4.99 Å². The summed E-state index contributed by atoms with van der Waals surface area (Å²) in [5.74, 6) is 0. The fourth-order valence-electron chi connectivity index (χ4n) is 0.600. The molecular formula is C7H13N2+. The summed E-state index contributed by atoms with van der Waals surface area (Å²) in [5.41, 5.74) is 0.0556. The number of rotatable bonds is 0. The maximum atomic E-state index is 4.16. The van der Waals surface area contributed by atoms with Gasteiger partial charge in [0.2, 0.25) is 0 Å². The fourth-order valence-corrected chi connectivity index (χ4v) is 0.600. The number of hydrogen-bond acceptors (Lipinski definition) is 2. The van der Waals surface area contributed by atoms with Gasteiger partial charge < -0.3 is 0 Å². The Morgan fingerprint density at radius 1 is 1.22 bits per heavy atom. The highest BCUT2D eigenvalue weighted by Crippen LogP contribution is 2.27. The second kappa shape index (κ2) is 1.45. The topological polar surface area (TPSA) is 24.4 Å². The Balaban J connectivity index is 2.84. The van der Waals surface area contributed by atoms with Gasteiger partial charge in [0, 0.05) is 0 Å². The Labute approximate surface area is 56.4 Å². The van der Waals surface area contributed by atoms with Gasteiger partial charge in [0.1, 0.15) is 11.1 Å². The van der Waals surface area contributed by atoms with Crippen molar-refractivity contribution in [1.29, 1.82) is 0 Å². The van der Waals surface area contributed by atoms with Gasteiger partial charge in [-0.15, -0.1) is 0 Å². The van der Waals surface area contributed by atoms with Crippen LogP contribution in [0.25, 0.3) is 0 Å². The molecule has 1 aliphatic heterocycles. The molecule has 0 aromatic rings. The quantitative estimate of drug-likeness (QED) is 0.481. The summed E-state index contributed by atoms with van der Waals surface area (Å²) in [6.45, 7) is 8.44. The Kier molecular flexibility index (Phi) is 1.05. The van der Waals surface area contributed by atoms with Gasteiger partial charge in [-0.05, 0) is 32.7 Å². The summed E-state index contributed by atoms with van der Waals surface area (Å²) >= 11 is 0. The van der Waals surface area contributed by atoms with Crippen LogP contribution in [0.1, 0.15) is 27.7 Å². The smallest absolute Gasteiger partial charge is 0.154 e. The van der Waals surface area contributed by atoms with Gasteiger partial charge in [-0.1, -0.05) is 0 Å². The van der Waals surface area contributed by atoms with E-state index in [1.807, 2.05) is 0 Å². The minimum absolute atomic E-state index is 0.00694. The average Bonchev–Trinajstić information content (AvgIpc) is 1.81. The van der Waals surface area contributed by atoms with Crippen molar-refractivity contribution in [1.82, 2.24) is 5.32 Å². The lowest BCUT2D eigenvalue weighted by Crippen LogP contribution is -2.48. The van der Waals surface area contributed by atoms with Crippen LogP contribution < -0.4 is 5.32 Å². The lowest BCUT2D eigenvalue weighted by atomic mass is 9.85. The number of aliphatic imine (C=N–C) groups is 1. The molecule has 2 heteroatoms. The standard InChI is InChI=1S/C7H13N2/c1-6(2)7(3,4)9-5-8-6/h1-4H3,(H,8,9)/q+1. The Bertz CT molecular complexity index is 145. The molecule has 0 bridgehead atoms. The fraction of sp³-hybridized carbons (Fsp3) is 0.857. The number of nitrogens with zero attached hydrogens (tertiary/aromatic N) is 1. The van der Waals surface area contributed by atoms with E-state index >= 15 is 0 Å². The largest absolute Gasteiger partial charge is 0.515 e. The van der Waals surface area contributed by atoms with Crippen molar-refractivity contribution in [3.8, 4) is 0 Å². The molecular weight excluding hydrogens is 112 g/mol. The predicted octanol–water partition coefficient (Wildman–Crippen LogP) is 1.05. The van der Waals surface area contributed by atoms with Crippen LogP contribution in [0.3, 0.4) is 0 Å².